The Morgan fingerprint density at radius 1 is 1.11 bits per heavy atom. The summed E-state index contributed by atoms with van der Waals surface area (Å²) in [6.45, 7) is 4.58. The van der Waals surface area contributed by atoms with Crippen molar-refractivity contribution < 1.29 is 19.0 Å². The van der Waals surface area contributed by atoms with Crippen LogP contribution in [0.2, 0.25) is 0 Å². The van der Waals surface area contributed by atoms with Crippen LogP contribution < -0.4 is 9.47 Å². The van der Waals surface area contributed by atoms with E-state index in [4.69, 9.17) is 14.2 Å². The van der Waals surface area contributed by atoms with Gasteiger partial charge >= 0.3 is 0 Å². The Morgan fingerprint density at radius 3 is 2.41 bits per heavy atom. The maximum absolute atomic E-state index is 12.8. The number of hydrogen-bond acceptors (Lipinski definition) is 4. The van der Waals surface area contributed by atoms with Gasteiger partial charge in [0.25, 0.3) is 5.91 Å². The normalized spacial score (nSPS) is 16.1. The molecule has 1 fully saturated rings. The molecule has 1 aliphatic heterocycles. The minimum atomic E-state index is 0.0130. The lowest BCUT2D eigenvalue weighted by Crippen LogP contribution is -2.30. The topological polar surface area (TPSA) is 48.0 Å². The molecule has 0 aromatic heterocycles. The van der Waals surface area contributed by atoms with E-state index in [0.29, 0.717) is 25.3 Å². The van der Waals surface area contributed by atoms with Gasteiger partial charge in [-0.25, -0.2) is 0 Å². The first-order valence-corrected chi connectivity index (χ1v) is 9.46. The van der Waals surface area contributed by atoms with Crippen molar-refractivity contribution in [2.24, 2.45) is 0 Å². The van der Waals surface area contributed by atoms with E-state index in [1.165, 1.54) is 0 Å². The molecular formula is C22H27NO4. The standard InChI is InChI=1S/C22H27NO4/c1-3-23(15-17-6-10-19(25-2)11-7-17)22(24)18-8-12-20(13-9-18)27-16-21-5-4-14-26-21/h6-13,21H,3-5,14-16H2,1-2H3. The zero-order chi connectivity index (χ0) is 19.1. The zero-order valence-corrected chi connectivity index (χ0v) is 16.0. The third kappa shape index (κ3) is 5.23. The number of carbonyl (C=O) groups excluding carboxylic acids is 1. The van der Waals surface area contributed by atoms with E-state index in [2.05, 4.69) is 0 Å². The second-order valence-corrected chi connectivity index (χ2v) is 6.64. The van der Waals surface area contributed by atoms with Crippen molar-refractivity contribution in [2.75, 3.05) is 26.9 Å². The molecule has 3 rings (SSSR count). The fourth-order valence-corrected chi connectivity index (χ4v) is 3.12. The van der Waals surface area contributed by atoms with E-state index in [1.54, 1.807) is 7.11 Å². The molecule has 2 aromatic rings. The van der Waals surface area contributed by atoms with Crippen molar-refractivity contribution in [1.82, 2.24) is 4.90 Å². The number of carbonyl (C=O) groups is 1. The summed E-state index contributed by atoms with van der Waals surface area (Å²) in [7, 11) is 1.64. The number of nitrogens with zero attached hydrogens (tertiary/aromatic N) is 1. The average Bonchev–Trinajstić information content (AvgIpc) is 3.24. The number of amides is 1. The lowest BCUT2D eigenvalue weighted by Gasteiger charge is -2.21. The van der Waals surface area contributed by atoms with Gasteiger partial charge in [-0.1, -0.05) is 12.1 Å². The predicted molar refractivity (Wildman–Crippen MR) is 104 cm³/mol. The average molecular weight is 369 g/mol. The van der Waals surface area contributed by atoms with Gasteiger partial charge in [0.1, 0.15) is 18.1 Å². The molecule has 27 heavy (non-hydrogen) atoms. The Kier molecular flexibility index (Phi) is 6.71. The highest BCUT2D eigenvalue weighted by molar-refractivity contribution is 5.94. The first-order valence-electron chi connectivity index (χ1n) is 9.46. The third-order valence-corrected chi connectivity index (χ3v) is 4.76. The molecule has 144 valence electrons. The lowest BCUT2D eigenvalue weighted by molar-refractivity contribution is 0.0678. The number of hydrogen-bond donors (Lipinski definition) is 0. The molecule has 1 unspecified atom stereocenters. The molecule has 0 aliphatic carbocycles. The maximum atomic E-state index is 12.8. The molecule has 0 spiro atoms. The van der Waals surface area contributed by atoms with E-state index in [9.17, 15) is 4.79 Å². The van der Waals surface area contributed by atoms with Crippen LogP contribution >= 0.6 is 0 Å². The number of benzene rings is 2. The van der Waals surface area contributed by atoms with Gasteiger partial charge in [0, 0.05) is 25.3 Å². The minimum absolute atomic E-state index is 0.0130. The zero-order valence-electron chi connectivity index (χ0n) is 16.0. The van der Waals surface area contributed by atoms with Crippen LogP contribution in [0.4, 0.5) is 0 Å². The van der Waals surface area contributed by atoms with Crippen LogP contribution in [0.15, 0.2) is 48.5 Å². The quantitative estimate of drug-likeness (QED) is 0.708. The lowest BCUT2D eigenvalue weighted by atomic mass is 10.1. The summed E-state index contributed by atoms with van der Waals surface area (Å²) in [5, 5.41) is 0. The Labute approximate surface area is 160 Å². The van der Waals surface area contributed by atoms with Crippen LogP contribution in [-0.4, -0.2) is 43.8 Å². The molecule has 1 aliphatic rings. The number of rotatable bonds is 8. The van der Waals surface area contributed by atoms with Gasteiger partial charge in [0.2, 0.25) is 0 Å². The van der Waals surface area contributed by atoms with Gasteiger partial charge in [-0.05, 0) is 61.7 Å². The van der Waals surface area contributed by atoms with Crippen LogP contribution in [0.3, 0.4) is 0 Å². The van der Waals surface area contributed by atoms with Crippen LogP contribution in [0, 0.1) is 0 Å². The molecule has 5 nitrogen and oxygen atoms in total. The summed E-state index contributed by atoms with van der Waals surface area (Å²) in [6, 6.07) is 15.1. The van der Waals surface area contributed by atoms with Gasteiger partial charge in [-0.15, -0.1) is 0 Å². The second kappa shape index (κ2) is 9.42. The Bertz CT molecular complexity index is 721. The summed E-state index contributed by atoms with van der Waals surface area (Å²) in [5.74, 6) is 1.59. The van der Waals surface area contributed by atoms with E-state index in [0.717, 1.165) is 36.5 Å². The van der Waals surface area contributed by atoms with Crippen molar-refractivity contribution in [3.63, 3.8) is 0 Å². The van der Waals surface area contributed by atoms with E-state index >= 15 is 0 Å². The maximum Gasteiger partial charge on any atom is 0.254 e. The van der Waals surface area contributed by atoms with E-state index in [-0.39, 0.29) is 12.0 Å². The Balaban J connectivity index is 1.58. The van der Waals surface area contributed by atoms with Crippen molar-refractivity contribution in [1.29, 1.82) is 0 Å². The van der Waals surface area contributed by atoms with Crippen LogP contribution in [-0.2, 0) is 11.3 Å². The van der Waals surface area contributed by atoms with Gasteiger partial charge < -0.3 is 19.1 Å². The Morgan fingerprint density at radius 2 is 1.81 bits per heavy atom. The van der Waals surface area contributed by atoms with Gasteiger partial charge in [-0.3, -0.25) is 4.79 Å². The molecule has 1 heterocycles. The van der Waals surface area contributed by atoms with Crippen molar-refractivity contribution in [2.45, 2.75) is 32.4 Å². The third-order valence-electron chi connectivity index (χ3n) is 4.76. The van der Waals surface area contributed by atoms with Crippen LogP contribution in [0.25, 0.3) is 0 Å². The summed E-state index contributed by atoms with van der Waals surface area (Å²) in [4.78, 5) is 14.6. The monoisotopic (exact) mass is 369 g/mol. The molecule has 1 atom stereocenters. The highest BCUT2D eigenvalue weighted by atomic mass is 16.5. The highest BCUT2D eigenvalue weighted by Crippen LogP contribution is 2.19. The van der Waals surface area contributed by atoms with Crippen LogP contribution in [0.1, 0.15) is 35.7 Å². The van der Waals surface area contributed by atoms with Gasteiger partial charge in [0.15, 0.2) is 0 Å². The molecule has 0 saturated carbocycles. The largest absolute Gasteiger partial charge is 0.497 e. The summed E-state index contributed by atoms with van der Waals surface area (Å²) in [6.07, 6.45) is 2.34. The van der Waals surface area contributed by atoms with Gasteiger partial charge in [-0.2, -0.15) is 0 Å². The van der Waals surface area contributed by atoms with Crippen molar-refractivity contribution in [3.05, 3.63) is 59.7 Å². The van der Waals surface area contributed by atoms with E-state index < -0.39 is 0 Å². The molecule has 0 radical (unpaired) electrons. The molecule has 2 aromatic carbocycles. The minimum Gasteiger partial charge on any atom is -0.497 e. The van der Waals surface area contributed by atoms with Crippen molar-refractivity contribution in [3.8, 4) is 11.5 Å². The molecular weight excluding hydrogens is 342 g/mol. The number of methoxy groups -OCH3 is 1. The first kappa shape index (κ1) is 19.2. The Hall–Kier alpha value is -2.53. The summed E-state index contributed by atoms with van der Waals surface area (Å²) in [5.41, 5.74) is 1.73. The highest BCUT2D eigenvalue weighted by Gasteiger charge is 2.17. The van der Waals surface area contributed by atoms with Crippen molar-refractivity contribution >= 4 is 5.91 Å². The second-order valence-electron chi connectivity index (χ2n) is 6.64. The smallest absolute Gasteiger partial charge is 0.254 e. The van der Waals surface area contributed by atoms with Gasteiger partial charge in [0.05, 0.1) is 13.2 Å². The molecule has 0 N–H and O–H groups in total. The first-order chi connectivity index (χ1) is 13.2. The number of ether oxygens (including phenoxy) is 3. The van der Waals surface area contributed by atoms with E-state index in [1.807, 2.05) is 60.4 Å². The SMILES string of the molecule is CCN(Cc1ccc(OC)cc1)C(=O)c1ccc(OCC2CCCO2)cc1. The van der Waals surface area contributed by atoms with Crippen LogP contribution in [0.5, 0.6) is 11.5 Å². The molecule has 1 saturated heterocycles. The molecule has 1 amide bonds. The molecule has 0 bridgehead atoms. The molecule has 5 heteroatoms. The fraction of sp³-hybridized carbons (Fsp3) is 0.409. The summed E-state index contributed by atoms with van der Waals surface area (Å²) >= 11 is 0. The summed E-state index contributed by atoms with van der Waals surface area (Å²) < 4.78 is 16.5. The fourth-order valence-electron chi connectivity index (χ4n) is 3.12. The predicted octanol–water partition coefficient (Wildman–Crippen LogP) is 3.92.